The molecule has 14 heavy (non-hydrogen) atoms. The fourth-order valence-corrected chi connectivity index (χ4v) is 2.13. The number of benzene rings is 1. The summed E-state index contributed by atoms with van der Waals surface area (Å²) in [6.45, 7) is 2.77. The van der Waals surface area contributed by atoms with Gasteiger partial charge in [0, 0.05) is 5.02 Å². The van der Waals surface area contributed by atoms with E-state index in [0.29, 0.717) is 5.92 Å². The Morgan fingerprint density at radius 1 is 1.50 bits per heavy atom. The van der Waals surface area contributed by atoms with Crippen molar-refractivity contribution in [1.29, 1.82) is 0 Å². The summed E-state index contributed by atoms with van der Waals surface area (Å²) in [5, 5.41) is 0.863. The summed E-state index contributed by atoms with van der Waals surface area (Å²) < 4.78 is 0. The van der Waals surface area contributed by atoms with Crippen LogP contribution in [0.4, 0.5) is 0 Å². The van der Waals surface area contributed by atoms with E-state index in [1.54, 1.807) is 0 Å². The van der Waals surface area contributed by atoms with Crippen LogP contribution in [0.25, 0.3) is 0 Å². The van der Waals surface area contributed by atoms with E-state index in [0.717, 1.165) is 23.0 Å². The Bertz CT molecular complexity index is 331. The quantitative estimate of drug-likeness (QED) is 0.814. The highest BCUT2D eigenvalue weighted by molar-refractivity contribution is 6.31. The molecule has 2 N–H and O–H groups in total. The first-order valence-corrected chi connectivity index (χ1v) is 5.56. The smallest absolute Gasteiger partial charge is 0.0438 e. The van der Waals surface area contributed by atoms with Gasteiger partial charge in [0.25, 0.3) is 0 Å². The molecule has 0 radical (unpaired) electrons. The first kappa shape index (κ1) is 10.0. The van der Waals surface area contributed by atoms with Gasteiger partial charge in [-0.15, -0.1) is 0 Å². The fraction of sp³-hybridized carbons (Fsp3) is 0.500. The van der Waals surface area contributed by atoms with Gasteiger partial charge in [-0.2, -0.15) is 0 Å². The first-order valence-electron chi connectivity index (χ1n) is 5.18. The SMILES string of the molecule is Cc1ccc(C(CN)C2CC2)cc1Cl. The van der Waals surface area contributed by atoms with Crippen molar-refractivity contribution in [2.45, 2.75) is 25.7 Å². The highest BCUT2D eigenvalue weighted by Gasteiger charge is 2.31. The van der Waals surface area contributed by atoms with Crippen LogP contribution in [0, 0.1) is 12.8 Å². The minimum atomic E-state index is 0.521. The first-order chi connectivity index (χ1) is 6.72. The largest absolute Gasteiger partial charge is 0.330 e. The van der Waals surface area contributed by atoms with E-state index < -0.39 is 0 Å². The molecule has 0 spiro atoms. The summed E-state index contributed by atoms with van der Waals surface area (Å²) in [5.74, 6) is 1.33. The lowest BCUT2D eigenvalue weighted by molar-refractivity contribution is 0.616. The van der Waals surface area contributed by atoms with Gasteiger partial charge in [0.05, 0.1) is 0 Å². The number of hydrogen-bond donors (Lipinski definition) is 1. The maximum atomic E-state index is 6.10. The molecule has 2 rings (SSSR count). The molecule has 0 heterocycles. The maximum Gasteiger partial charge on any atom is 0.0438 e. The van der Waals surface area contributed by atoms with Crippen LogP contribution in [-0.2, 0) is 0 Å². The molecule has 0 aromatic heterocycles. The molecule has 1 saturated carbocycles. The van der Waals surface area contributed by atoms with Crippen molar-refractivity contribution in [2.24, 2.45) is 11.7 Å². The van der Waals surface area contributed by atoms with Crippen molar-refractivity contribution in [3.8, 4) is 0 Å². The van der Waals surface area contributed by atoms with Crippen molar-refractivity contribution < 1.29 is 0 Å². The van der Waals surface area contributed by atoms with Crippen LogP contribution in [-0.4, -0.2) is 6.54 Å². The molecular formula is C12H16ClN. The monoisotopic (exact) mass is 209 g/mol. The van der Waals surface area contributed by atoms with Gasteiger partial charge in [0.2, 0.25) is 0 Å². The lowest BCUT2D eigenvalue weighted by Crippen LogP contribution is -2.14. The molecule has 76 valence electrons. The predicted octanol–water partition coefficient (Wildman–Crippen LogP) is 3.10. The third-order valence-corrected chi connectivity index (χ3v) is 3.48. The number of aryl methyl sites for hydroxylation is 1. The van der Waals surface area contributed by atoms with Gasteiger partial charge < -0.3 is 5.73 Å². The third kappa shape index (κ3) is 1.94. The molecule has 1 aromatic rings. The second-order valence-electron chi connectivity index (χ2n) is 4.19. The Morgan fingerprint density at radius 2 is 2.21 bits per heavy atom. The molecule has 1 aromatic carbocycles. The van der Waals surface area contributed by atoms with Crippen molar-refractivity contribution in [3.05, 3.63) is 34.3 Å². The molecule has 1 fully saturated rings. The summed E-state index contributed by atoms with van der Waals surface area (Å²) in [7, 11) is 0. The van der Waals surface area contributed by atoms with Crippen molar-refractivity contribution in [1.82, 2.24) is 0 Å². The minimum absolute atomic E-state index is 0.521. The van der Waals surface area contributed by atoms with Gasteiger partial charge >= 0.3 is 0 Å². The number of hydrogen-bond acceptors (Lipinski definition) is 1. The van der Waals surface area contributed by atoms with E-state index in [9.17, 15) is 0 Å². The lowest BCUT2D eigenvalue weighted by atomic mass is 9.94. The topological polar surface area (TPSA) is 26.0 Å². The molecule has 1 nitrogen and oxygen atoms in total. The van der Waals surface area contributed by atoms with Crippen LogP contribution in [0.15, 0.2) is 18.2 Å². The molecule has 1 atom stereocenters. The predicted molar refractivity (Wildman–Crippen MR) is 60.7 cm³/mol. The van der Waals surface area contributed by atoms with E-state index in [-0.39, 0.29) is 0 Å². The second kappa shape index (κ2) is 3.92. The van der Waals surface area contributed by atoms with E-state index in [1.807, 2.05) is 6.92 Å². The van der Waals surface area contributed by atoms with E-state index >= 15 is 0 Å². The van der Waals surface area contributed by atoms with Crippen molar-refractivity contribution >= 4 is 11.6 Å². The van der Waals surface area contributed by atoms with Gasteiger partial charge in [0.15, 0.2) is 0 Å². The molecule has 0 aliphatic heterocycles. The van der Waals surface area contributed by atoms with Gasteiger partial charge in [-0.25, -0.2) is 0 Å². The maximum absolute atomic E-state index is 6.10. The van der Waals surface area contributed by atoms with Crippen LogP contribution in [0.5, 0.6) is 0 Å². The van der Waals surface area contributed by atoms with Crippen LogP contribution >= 0.6 is 11.6 Å². The van der Waals surface area contributed by atoms with Gasteiger partial charge in [-0.3, -0.25) is 0 Å². The van der Waals surface area contributed by atoms with Crippen molar-refractivity contribution in [2.75, 3.05) is 6.54 Å². The Morgan fingerprint density at radius 3 is 2.71 bits per heavy atom. The summed E-state index contributed by atoms with van der Waals surface area (Å²) in [6.07, 6.45) is 2.65. The third-order valence-electron chi connectivity index (χ3n) is 3.07. The zero-order valence-electron chi connectivity index (χ0n) is 8.46. The van der Waals surface area contributed by atoms with Crippen molar-refractivity contribution in [3.63, 3.8) is 0 Å². The molecule has 2 heteroatoms. The molecule has 0 saturated heterocycles. The normalized spacial score (nSPS) is 18.2. The average molecular weight is 210 g/mol. The van der Waals surface area contributed by atoms with Gasteiger partial charge in [0.1, 0.15) is 0 Å². The summed E-state index contributed by atoms with van der Waals surface area (Å²) in [6, 6.07) is 6.33. The summed E-state index contributed by atoms with van der Waals surface area (Å²) in [4.78, 5) is 0. The molecule has 1 unspecified atom stereocenters. The Hall–Kier alpha value is -0.530. The van der Waals surface area contributed by atoms with Crippen LogP contribution in [0.3, 0.4) is 0 Å². The average Bonchev–Trinajstić information content (AvgIpc) is 2.96. The molecule has 0 bridgehead atoms. The van der Waals surface area contributed by atoms with Crippen LogP contribution < -0.4 is 5.73 Å². The van der Waals surface area contributed by atoms with Crippen LogP contribution in [0.2, 0.25) is 5.02 Å². The molecule has 1 aliphatic carbocycles. The Labute approximate surface area is 90.3 Å². The highest BCUT2D eigenvalue weighted by atomic mass is 35.5. The molecular weight excluding hydrogens is 194 g/mol. The van der Waals surface area contributed by atoms with Gasteiger partial charge in [-0.1, -0.05) is 23.7 Å². The molecule has 1 aliphatic rings. The zero-order valence-corrected chi connectivity index (χ0v) is 9.22. The van der Waals surface area contributed by atoms with E-state index in [4.69, 9.17) is 17.3 Å². The van der Waals surface area contributed by atoms with Gasteiger partial charge in [-0.05, 0) is 55.3 Å². The lowest BCUT2D eigenvalue weighted by Gasteiger charge is -2.14. The number of nitrogens with two attached hydrogens (primary N) is 1. The second-order valence-corrected chi connectivity index (χ2v) is 4.60. The Kier molecular flexibility index (Phi) is 2.80. The standard InChI is InChI=1S/C12H16ClN/c1-8-2-3-10(6-12(8)13)11(7-14)9-4-5-9/h2-3,6,9,11H,4-5,7,14H2,1H3. The summed E-state index contributed by atoms with van der Waals surface area (Å²) in [5.41, 5.74) is 8.24. The minimum Gasteiger partial charge on any atom is -0.330 e. The van der Waals surface area contributed by atoms with E-state index in [1.165, 1.54) is 18.4 Å². The molecule has 0 amide bonds. The number of halogens is 1. The highest BCUT2D eigenvalue weighted by Crippen LogP contribution is 2.42. The fourth-order valence-electron chi connectivity index (χ4n) is 1.94. The zero-order chi connectivity index (χ0) is 10.1. The van der Waals surface area contributed by atoms with E-state index in [2.05, 4.69) is 18.2 Å². The summed E-state index contributed by atoms with van der Waals surface area (Å²) >= 11 is 6.10. The number of rotatable bonds is 3. The Balaban J connectivity index is 2.25. The van der Waals surface area contributed by atoms with Crippen LogP contribution in [0.1, 0.15) is 29.9 Å².